The van der Waals surface area contributed by atoms with Gasteiger partial charge in [0.05, 0.1) is 15.5 Å². The molecule has 0 unspecified atom stereocenters. The Bertz CT molecular complexity index is 683. The molecule has 1 N–H and O–H groups in total. The van der Waals surface area contributed by atoms with Gasteiger partial charge in [0.2, 0.25) is 0 Å². The molecule has 0 bridgehead atoms. The second kappa shape index (κ2) is 4.62. The summed E-state index contributed by atoms with van der Waals surface area (Å²) in [7, 11) is 0. The molecule has 0 aliphatic heterocycles. The lowest BCUT2D eigenvalue weighted by Gasteiger charge is -1.95. The van der Waals surface area contributed by atoms with Crippen molar-refractivity contribution in [2.75, 3.05) is 0 Å². The highest BCUT2D eigenvalue weighted by molar-refractivity contribution is 14.1. The number of hydrogen-bond donors (Lipinski definition) is 1. The number of aromatic nitrogens is 2. The van der Waals surface area contributed by atoms with Crippen LogP contribution >= 0.6 is 38.5 Å². The maximum Gasteiger partial charge on any atom is 0.139 e. The Morgan fingerprint density at radius 2 is 1.89 bits per heavy atom. The van der Waals surface area contributed by atoms with Crippen LogP contribution in [0.5, 0.6) is 0 Å². The molecule has 1 aromatic heterocycles. The monoisotopic (exact) mass is 416 g/mol. The average Bonchev–Trinajstić information content (AvgIpc) is 2.73. The van der Waals surface area contributed by atoms with Crippen molar-refractivity contribution in [3.8, 4) is 11.4 Å². The molecule has 0 fully saturated rings. The molecule has 3 aromatic rings. The van der Waals surface area contributed by atoms with Gasteiger partial charge in [0.25, 0.3) is 0 Å². The zero-order valence-electron chi connectivity index (χ0n) is 9.05. The zero-order valence-corrected chi connectivity index (χ0v) is 12.8. The predicted octanol–water partition coefficient (Wildman–Crippen LogP) is 4.74. The van der Waals surface area contributed by atoms with E-state index in [9.17, 15) is 4.39 Å². The van der Waals surface area contributed by atoms with Crippen LogP contribution in [0.1, 0.15) is 0 Å². The van der Waals surface area contributed by atoms with E-state index >= 15 is 0 Å². The second-order valence-electron chi connectivity index (χ2n) is 3.88. The molecule has 18 heavy (non-hydrogen) atoms. The lowest BCUT2D eigenvalue weighted by atomic mass is 10.2. The smallest absolute Gasteiger partial charge is 0.139 e. The summed E-state index contributed by atoms with van der Waals surface area (Å²) in [6.07, 6.45) is 0. The van der Waals surface area contributed by atoms with E-state index in [1.54, 1.807) is 6.07 Å². The SMILES string of the molecule is Fc1cc2[nH]c(-c3ccc(I)cc3)nc2cc1Br. The number of H-pyrrole nitrogens is 1. The van der Waals surface area contributed by atoms with E-state index in [4.69, 9.17) is 0 Å². The quantitative estimate of drug-likeness (QED) is 0.570. The molecular formula is C13H7BrFIN2. The molecule has 0 saturated carbocycles. The minimum Gasteiger partial charge on any atom is -0.338 e. The van der Waals surface area contributed by atoms with Crippen LogP contribution in [0.2, 0.25) is 0 Å². The molecular weight excluding hydrogens is 410 g/mol. The standard InChI is InChI=1S/C13H7BrFIN2/c14-9-5-11-12(6-10(9)15)18-13(17-11)7-1-3-8(16)4-2-7/h1-6H,(H,17,18). The number of fused-ring (bicyclic) bond motifs is 1. The van der Waals surface area contributed by atoms with E-state index in [-0.39, 0.29) is 5.82 Å². The highest BCUT2D eigenvalue weighted by Crippen LogP contribution is 2.25. The lowest BCUT2D eigenvalue weighted by molar-refractivity contribution is 0.623. The summed E-state index contributed by atoms with van der Waals surface area (Å²) >= 11 is 5.41. The fourth-order valence-electron chi connectivity index (χ4n) is 1.75. The van der Waals surface area contributed by atoms with Crippen LogP contribution in [0.15, 0.2) is 40.9 Å². The van der Waals surface area contributed by atoms with Crippen LogP contribution in [-0.2, 0) is 0 Å². The predicted molar refractivity (Wildman–Crippen MR) is 81.9 cm³/mol. The minimum atomic E-state index is -0.291. The van der Waals surface area contributed by atoms with Crippen molar-refractivity contribution >= 4 is 49.6 Å². The second-order valence-corrected chi connectivity index (χ2v) is 5.98. The van der Waals surface area contributed by atoms with Gasteiger partial charge in [-0.05, 0) is 56.7 Å². The number of hydrogen-bond acceptors (Lipinski definition) is 1. The molecule has 0 aliphatic carbocycles. The fraction of sp³-hybridized carbons (Fsp3) is 0. The van der Waals surface area contributed by atoms with Crippen molar-refractivity contribution in [2.45, 2.75) is 0 Å². The van der Waals surface area contributed by atoms with Crippen LogP contribution in [0.25, 0.3) is 22.4 Å². The molecule has 0 radical (unpaired) electrons. The Kier molecular flexibility index (Phi) is 3.11. The molecule has 0 spiro atoms. The number of aromatic amines is 1. The van der Waals surface area contributed by atoms with Gasteiger partial charge < -0.3 is 4.98 Å². The number of imidazole rings is 1. The van der Waals surface area contributed by atoms with E-state index in [1.807, 2.05) is 24.3 Å². The first-order valence-electron chi connectivity index (χ1n) is 5.24. The number of benzene rings is 2. The Morgan fingerprint density at radius 3 is 2.61 bits per heavy atom. The van der Waals surface area contributed by atoms with Crippen molar-refractivity contribution in [3.05, 3.63) is 50.3 Å². The summed E-state index contributed by atoms with van der Waals surface area (Å²) in [5.74, 6) is 0.458. The van der Waals surface area contributed by atoms with Gasteiger partial charge in [-0.1, -0.05) is 12.1 Å². The first kappa shape index (κ1) is 12.1. The van der Waals surface area contributed by atoms with Crippen molar-refractivity contribution < 1.29 is 4.39 Å². The highest BCUT2D eigenvalue weighted by Gasteiger charge is 2.08. The van der Waals surface area contributed by atoms with Gasteiger partial charge in [-0.15, -0.1) is 0 Å². The Hall–Kier alpha value is -0.950. The normalized spacial score (nSPS) is 11.1. The number of nitrogens with zero attached hydrogens (tertiary/aromatic N) is 1. The van der Waals surface area contributed by atoms with Gasteiger partial charge in [-0.25, -0.2) is 9.37 Å². The Morgan fingerprint density at radius 1 is 1.17 bits per heavy atom. The van der Waals surface area contributed by atoms with Crippen LogP contribution in [-0.4, -0.2) is 9.97 Å². The zero-order chi connectivity index (χ0) is 12.7. The third-order valence-electron chi connectivity index (χ3n) is 2.64. The van der Waals surface area contributed by atoms with Crippen LogP contribution in [0.4, 0.5) is 4.39 Å². The van der Waals surface area contributed by atoms with Gasteiger partial charge in [0.1, 0.15) is 11.6 Å². The number of rotatable bonds is 1. The summed E-state index contributed by atoms with van der Waals surface area (Å²) in [5.41, 5.74) is 2.43. The summed E-state index contributed by atoms with van der Waals surface area (Å²) in [5, 5.41) is 0. The summed E-state index contributed by atoms with van der Waals surface area (Å²) in [6, 6.07) is 11.1. The largest absolute Gasteiger partial charge is 0.338 e. The Balaban J connectivity index is 2.16. The molecule has 0 atom stereocenters. The maximum absolute atomic E-state index is 13.4. The number of nitrogens with one attached hydrogen (secondary N) is 1. The van der Waals surface area contributed by atoms with Gasteiger partial charge in [0, 0.05) is 15.2 Å². The third kappa shape index (κ3) is 2.16. The van der Waals surface area contributed by atoms with Crippen molar-refractivity contribution in [3.63, 3.8) is 0 Å². The van der Waals surface area contributed by atoms with E-state index in [2.05, 4.69) is 48.5 Å². The number of halogens is 3. The first-order chi connectivity index (χ1) is 8.63. The fourth-order valence-corrected chi connectivity index (χ4v) is 2.44. The summed E-state index contributed by atoms with van der Waals surface area (Å²) in [6.45, 7) is 0. The maximum atomic E-state index is 13.4. The molecule has 90 valence electrons. The van der Waals surface area contributed by atoms with Gasteiger partial charge in [0.15, 0.2) is 0 Å². The molecule has 5 heteroatoms. The van der Waals surface area contributed by atoms with E-state index in [0.717, 1.165) is 16.9 Å². The van der Waals surface area contributed by atoms with Gasteiger partial charge in [-0.2, -0.15) is 0 Å². The summed E-state index contributed by atoms with van der Waals surface area (Å²) < 4.78 is 15.0. The Labute approximate surface area is 125 Å². The van der Waals surface area contributed by atoms with E-state index < -0.39 is 0 Å². The summed E-state index contributed by atoms with van der Waals surface area (Å²) in [4.78, 5) is 7.58. The molecule has 1 heterocycles. The van der Waals surface area contributed by atoms with Crippen molar-refractivity contribution in [1.82, 2.24) is 9.97 Å². The van der Waals surface area contributed by atoms with Crippen LogP contribution < -0.4 is 0 Å². The molecule has 2 aromatic carbocycles. The van der Waals surface area contributed by atoms with Crippen molar-refractivity contribution in [1.29, 1.82) is 0 Å². The molecule has 2 nitrogen and oxygen atoms in total. The van der Waals surface area contributed by atoms with E-state index in [1.165, 1.54) is 9.64 Å². The third-order valence-corrected chi connectivity index (χ3v) is 3.97. The lowest BCUT2D eigenvalue weighted by Crippen LogP contribution is -1.79. The molecule has 0 saturated heterocycles. The topological polar surface area (TPSA) is 28.7 Å². The van der Waals surface area contributed by atoms with Gasteiger partial charge >= 0.3 is 0 Å². The minimum absolute atomic E-state index is 0.291. The van der Waals surface area contributed by atoms with E-state index in [0.29, 0.717) is 9.99 Å². The molecule has 0 aliphatic rings. The van der Waals surface area contributed by atoms with Crippen molar-refractivity contribution in [2.24, 2.45) is 0 Å². The van der Waals surface area contributed by atoms with Crippen LogP contribution in [0.3, 0.4) is 0 Å². The van der Waals surface area contributed by atoms with Crippen LogP contribution in [0, 0.1) is 9.39 Å². The van der Waals surface area contributed by atoms with Gasteiger partial charge in [-0.3, -0.25) is 0 Å². The molecule has 3 rings (SSSR count). The average molecular weight is 417 g/mol. The highest BCUT2D eigenvalue weighted by atomic mass is 127. The first-order valence-corrected chi connectivity index (χ1v) is 7.11. The molecule has 0 amide bonds.